The number of nitrogens with zero attached hydrogens (tertiary/aromatic N) is 3. The van der Waals surface area contributed by atoms with Gasteiger partial charge in [0.1, 0.15) is 0 Å². The van der Waals surface area contributed by atoms with Crippen LogP contribution in [0.1, 0.15) is 33.1 Å². The molecule has 0 saturated heterocycles. The Labute approximate surface area is 117 Å². The standard InChI is InChI=1S/C15H14N4O/c1-14(2)4-9-3-11(19)10(6-16)15(7-17,8-18)13(9)12(20)5-14/h3-5,19H2,1-2H3. The van der Waals surface area contributed by atoms with Crippen molar-refractivity contribution in [2.45, 2.75) is 33.1 Å². The first kappa shape index (κ1) is 13.8. The second-order valence-corrected chi connectivity index (χ2v) is 6.08. The molecule has 0 aromatic heterocycles. The summed E-state index contributed by atoms with van der Waals surface area (Å²) in [6, 6.07) is 5.55. The fraction of sp³-hybridized carbons (Fsp3) is 0.467. The molecule has 0 fully saturated rings. The monoisotopic (exact) mass is 266 g/mol. The van der Waals surface area contributed by atoms with Crippen molar-refractivity contribution >= 4 is 5.78 Å². The van der Waals surface area contributed by atoms with Gasteiger partial charge in [-0.05, 0) is 11.8 Å². The second kappa shape index (κ2) is 4.22. The van der Waals surface area contributed by atoms with Crippen molar-refractivity contribution in [3.05, 3.63) is 22.4 Å². The molecule has 0 radical (unpaired) electrons. The molecule has 2 aliphatic carbocycles. The maximum Gasteiger partial charge on any atom is 0.208 e. The molecule has 0 unspecified atom stereocenters. The molecule has 100 valence electrons. The van der Waals surface area contributed by atoms with Gasteiger partial charge in [-0.25, -0.2) is 0 Å². The minimum absolute atomic E-state index is 0.0886. The van der Waals surface area contributed by atoms with Gasteiger partial charge in [0.25, 0.3) is 0 Å². The Hall–Kier alpha value is -2.58. The average Bonchev–Trinajstić information content (AvgIpc) is 2.35. The first-order valence-electron chi connectivity index (χ1n) is 6.28. The van der Waals surface area contributed by atoms with Crippen LogP contribution in [0.3, 0.4) is 0 Å². The number of carbonyl (C=O) groups excluding carboxylic acids is 1. The zero-order chi connectivity index (χ0) is 15.1. The summed E-state index contributed by atoms with van der Waals surface area (Å²) < 4.78 is 0. The van der Waals surface area contributed by atoms with Crippen LogP contribution < -0.4 is 5.73 Å². The molecule has 5 nitrogen and oxygen atoms in total. The molecule has 0 saturated carbocycles. The molecule has 0 aromatic carbocycles. The second-order valence-electron chi connectivity index (χ2n) is 6.08. The smallest absolute Gasteiger partial charge is 0.208 e. The van der Waals surface area contributed by atoms with E-state index in [2.05, 4.69) is 0 Å². The van der Waals surface area contributed by atoms with Crippen molar-refractivity contribution in [1.82, 2.24) is 0 Å². The summed E-state index contributed by atoms with van der Waals surface area (Å²) in [5.41, 5.74) is 4.87. The average molecular weight is 266 g/mol. The van der Waals surface area contributed by atoms with Crippen molar-refractivity contribution in [3.8, 4) is 18.2 Å². The Morgan fingerprint density at radius 2 is 1.75 bits per heavy atom. The highest BCUT2D eigenvalue weighted by Crippen LogP contribution is 2.50. The van der Waals surface area contributed by atoms with Gasteiger partial charge in [-0.15, -0.1) is 0 Å². The van der Waals surface area contributed by atoms with Crippen LogP contribution in [0.5, 0.6) is 0 Å². The highest BCUT2D eigenvalue weighted by molar-refractivity contribution is 6.02. The Morgan fingerprint density at radius 1 is 1.15 bits per heavy atom. The summed E-state index contributed by atoms with van der Waals surface area (Å²) in [5.74, 6) is -0.223. The fourth-order valence-electron chi connectivity index (χ4n) is 3.16. The van der Waals surface area contributed by atoms with Gasteiger partial charge in [-0.3, -0.25) is 4.79 Å². The van der Waals surface area contributed by atoms with Gasteiger partial charge in [0.2, 0.25) is 5.41 Å². The topological polar surface area (TPSA) is 114 Å². The van der Waals surface area contributed by atoms with Crippen molar-refractivity contribution < 1.29 is 4.79 Å². The van der Waals surface area contributed by atoms with Gasteiger partial charge in [-0.1, -0.05) is 19.4 Å². The van der Waals surface area contributed by atoms with E-state index in [1.807, 2.05) is 32.1 Å². The van der Waals surface area contributed by atoms with E-state index in [0.717, 1.165) is 5.57 Å². The predicted octanol–water partition coefficient (Wildman–Crippen LogP) is 1.85. The fourth-order valence-corrected chi connectivity index (χ4v) is 3.16. The Balaban J connectivity index is 2.75. The number of carbonyl (C=O) groups is 1. The molecule has 20 heavy (non-hydrogen) atoms. The third kappa shape index (κ3) is 1.70. The van der Waals surface area contributed by atoms with Gasteiger partial charge in [0, 0.05) is 24.1 Å². The molecule has 2 rings (SSSR count). The minimum Gasteiger partial charge on any atom is -0.401 e. The van der Waals surface area contributed by atoms with E-state index in [0.29, 0.717) is 12.8 Å². The van der Waals surface area contributed by atoms with Crippen LogP contribution in [0.2, 0.25) is 0 Å². The number of nitrogens with two attached hydrogens (primary N) is 1. The highest BCUT2D eigenvalue weighted by Gasteiger charge is 2.51. The molecule has 0 heterocycles. The number of nitriles is 3. The number of ketones is 1. The summed E-state index contributed by atoms with van der Waals surface area (Å²) in [5, 5.41) is 28.1. The van der Waals surface area contributed by atoms with E-state index in [4.69, 9.17) is 5.73 Å². The number of hydrogen-bond acceptors (Lipinski definition) is 5. The van der Waals surface area contributed by atoms with Crippen LogP contribution in [-0.2, 0) is 4.79 Å². The van der Waals surface area contributed by atoms with Crippen molar-refractivity contribution in [1.29, 1.82) is 15.8 Å². The maximum atomic E-state index is 12.4. The Morgan fingerprint density at radius 3 is 2.25 bits per heavy atom. The lowest BCUT2D eigenvalue weighted by Gasteiger charge is -2.38. The number of allylic oxidation sites excluding steroid dienone is 3. The van der Waals surface area contributed by atoms with Gasteiger partial charge in [0.15, 0.2) is 5.78 Å². The normalized spacial score (nSPS) is 23.4. The van der Waals surface area contributed by atoms with Gasteiger partial charge in [0.05, 0.1) is 23.8 Å². The zero-order valence-corrected chi connectivity index (χ0v) is 11.4. The number of hydrogen-bond donors (Lipinski definition) is 1. The summed E-state index contributed by atoms with van der Waals surface area (Å²) in [6.45, 7) is 3.93. The largest absolute Gasteiger partial charge is 0.401 e. The van der Waals surface area contributed by atoms with Crippen LogP contribution >= 0.6 is 0 Å². The summed E-state index contributed by atoms with van der Waals surface area (Å²) in [4.78, 5) is 12.4. The lowest BCUT2D eigenvalue weighted by Crippen LogP contribution is -2.39. The van der Waals surface area contributed by atoms with Crippen molar-refractivity contribution in [2.24, 2.45) is 16.6 Å². The lowest BCUT2D eigenvalue weighted by molar-refractivity contribution is -0.118. The molecule has 0 amide bonds. The molecule has 0 spiro atoms. The summed E-state index contributed by atoms with van der Waals surface area (Å²) in [6.07, 6.45) is 1.17. The number of rotatable bonds is 0. The van der Waals surface area contributed by atoms with Crippen molar-refractivity contribution in [2.75, 3.05) is 0 Å². The lowest BCUT2D eigenvalue weighted by atomic mass is 9.61. The van der Waals surface area contributed by atoms with E-state index in [1.165, 1.54) is 0 Å². The molecular formula is C15H14N4O. The Bertz CT molecular complexity index is 675. The molecule has 0 bridgehead atoms. The first-order valence-corrected chi connectivity index (χ1v) is 6.28. The molecule has 0 aliphatic heterocycles. The molecule has 2 N–H and O–H groups in total. The van der Waals surface area contributed by atoms with E-state index in [9.17, 15) is 20.6 Å². The van der Waals surface area contributed by atoms with Gasteiger partial charge in [-0.2, -0.15) is 15.8 Å². The van der Waals surface area contributed by atoms with Crippen LogP contribution in [-0.4, -0.2) is 5.78 Å². The van der Waals surface area contributed by atoms with E-state index < -0.39 is 5.41 Å². The van der Waals surface area contributed by atoms with Gasteiger partial charge >= 0.3 is 0 Å². The van der Waals surface area contributed by atoms with E-state index in [1.54, 1.807) is 0 Å². The third-order valence-electron chi connectivity index (χ3n) is 3.89. The molecular weight excluding hydrogens is 252 g/mol. The molecule has 5 heteroatoms. The maximum absolute atomic E-state index is 12.4. The summed E-state index contributed by atoms with van der Waals surface area (Å²) in [7, 11) is 0. The Kier molecular flexibility index (Phi) is 2.92. The molecule has 0 aromatic rings. The van der Waals surface area contributed by atoms with Crippen LogP contribution in [0, 0.1) is 44.8 Å². The van der Waals surface area contributed by atoms with E-state index in [-0.39, 0.29) is 34.5 Å². The minimum atomic E-state index is -1.83. The first-order chi connectivity index (χ1) is 9.31. The summed E-state index contributed by atoms with van der Waals surface area (Å²) >= 11 is 0. The number of Topliss-reactive ketones (excluding diaryl/α,β-unsaturated/α-hetero) is 1. The van der Waals surface area contributed by atoms with Gasteiger partial charge < -0.3 is 5.73 Å². The quantitative estimate of drug-likeness (QED) is 0.718. The van der Waals surface area contributed by atoms with Crippen molar-refractivity contribution in [3.63, 3.8) is 0 Å². The third-order valence-corrected chi connectivity index (χ3v) is 3.89. The predicted molar refractivity (Wildman–Crippen MR) is 70.2 cm³/mol. The SMILES string of the molecule is CC1(C)CC(=O)C2=C(CC(N)=C(C#N)C2(C#N)C#N)C1. The van der Waals surface area contributed by atoms with Crippen LogP contribution in [0.4, 0.5) is 0 Å². The van der Waals surface area contributed by atoms with Crippen LogP contribution in [0.15, 0.2) is 22.4 Å². The van der Waals surface area contributed by atoms with Crippen LogP contribution in [0.25, 0.3) is 0 Å². The zero-order valence-electron chi connectivity index (χ0n) is 11.4. The molecule has 0 atom stereocenters. The highest BCUT2D eigenvalue weighted by atomic mass is 16.1. The van der Waals surface area contributed by atoms with E-state index >= 15 is 0 Å². The molecule has 2 aliphatic rings.